The quantitative estimate of drug-likeness (QED) is 0.530. The molecule has 0 amide bonds. The lowest BCUT2D eigenvalue weighted by Gasteiger charge is -2.15. The van der Waals surface area contributed by atoms with Crippen LogP contribution in [0, 0.1) is 0 Å². The standard InChI is InChI=1S/C5H4N5S/c6-5(11)9-1-3-4(10-5)8-2-7-3/h1-2H,6H2/i2T. The van der Waals surface area contributed by atoms with Crippen LogP contribution in [0.3, 0.4) is 0 Å². The molecule has 2 aliphatic heterocycles. The number of nitrogens with zero attached hydrogens (tertiary/aromatic N) is 4. The SMILES string of the molecule is [3H]C1=NC2=NC(N)([S])N=CC2=N1. The lowest BCUT2D eigenvalue weighted by molar-refractivity contribution is 0.694. The van der Waals surface area contributed by atoms with Crippen LogP contribution in [0.5, 0.6) is 0 Å². The second kappa shape index (κ2) is 1.99. The van der Waals surface area contributed by atoms with Crippen LogP contribution < -0.4 is 5.73 Å². The van der Waals surface area contributed by atoms with Gasteiger partial charge in [-0.1, -0.05) is 0 Å². The number of amidine groups is 2. The molecule has 0 spiro atoms. The first kappa shape index (κ1) is 5.62. The van der Waals surface area contributed by atoms with Crippen molar-refractivity contribution < 1.29 is 1.37 Å². The molecule has 0 aliphatic carbocycles. The van der Waals surface area contributed by atoms with E-state index in [0.29, 0.717) is 11.5 Å². The van der Waals surface area contributed by atoms with Crippen molar-refractivity contribution in [3.8, 4) is 0 Å². The van der Waals surface area contributed by atoms with Gasteiger partial charge in [0.05, 0.1) is 6.21 Å². The van der Waals surface area contributed by atoms with Crippen LogP contribution in [-0.2, 0) is 0 Å². The Morgan fingerprint density at radius 3 is 3.36 bits per heavy atom. The van der Waals surface area contributed by atoms with Gasteiger partial charge in [-0.15, -0.1) is 0 Å². The van der Waals surface area contributed by atoms with Gasteiger partial charge in [-0.3, -0.25) is 5.73 Å². The van der Waals surface area contributed by atoms with Crippen LogP contribution >= 0.6 is 12.6 Å². The van der Waals surface area contributed by atoms with Crippen molar-refractivity contribution in [2.45, 2.75) is 5.12 Å². The highest BCUT2D eigenvalue weighted by atomic mass is 32.1. The van der Waals surface area contributed by atoms with Crippen molar-refractivity contribution in [1.82, 2.24) is 0 Å². The first-order valence-electron chi connectivity index (χ1n) is 3.35. The Hall–Kier alpha value is -1.01. The third-order valence-corrected chi connectivity index (χ3v) is 1.39. The molecule has 5 nitrogen and oxygen atoms in total. The zero-order valence-electron chi connectivity index (χ0n) is 6.35. The number of aliphatic imine (C=N–C) groups is 4. The molecular formula is C5H4N5S. The molecule has 2 heterocycles. The summed E-state index contributed by atoms with van der Waals surface area (Å²) in [5.74, 6) is 0.299. The number of hydrogen-bond acceptors (Lipinski definition) is 5. The Morgan fingerprint density at radius 2 is 2.55 bits per heavy atom. The van der Waals surface area contributed by atoms with E-state index in [1.165, 1.54) is 6.21 Å². The second-order valence-electron chi connectivity index (χ2n) is 2.06. The molecule has 1 radical (unpaired) electrons. The van der Waals surface area contributed by atoms with Gasteiger partial charge < -0.3 is 0 Å². The highest BCUT2D eigenvalue weighted by Gasteiger charge is 2.25. The molecule has 0 fully saturated rings. The molecule has 0 bridgehead atoms. The zero-order valence-corrected chi connectivity index (χ0v) is 6.17. The smallest absolute Gasteiger partial charge is 0.264 e. The molecule has 0 aromatic heterocycles. The fraction of sp³-hybridized carbons (Fsp3) is 0.200. The van der Waals surface area contributed by atoms with Gasteiger partial charge in [0.15, 0.2) is 5.84 Å². The maximum absolute atomic E-state index is 7.10. The fourth-order valence-electron chi connectivity index (χ4n) is 0.737. The van der Waals surface area contributed by atoms with Gasteiger partial charge in [-0.05, 0) is 12.6 Å². The van der Waals surface area contributed by atoms with Crippen molar-refractivity contribution in [2.24, 2.45) is 25.7 Å². The van der Waals surface area contributed by atoms with E-state index < -0.39 is 5.12 Å². The van der Waals surface area contributed by atoms with Crippen molar-refractivity contribution in [1.29, 1.82) is 0 Å². The normalized spacial score (nSPS) is 35.5. The number of rotatable bonds is 0. The van der Waals surface area contributed by atoms with Gasteiger partial charge in [0.1, 0.15) is 13.4 Å². The van der Waals surface area contributed by atoms with Crippen molar-refractivity contribution in [3.63, 3.8) is 0 Å². The number of nitrogens with two attached hydrogens (primary N) is 1. The second-order valence-corrected chi connectivity index (χ2v) is 2.66. The van der Waals surface area contributed by atoms with E-state index >= 15 is 0 Å². The first-order valence-corrected chi connectivity index (χ1v) is 3.26. The minimum Gasteiger partial charge on any atom is -0.278 e. The van der Waals surface area contributed by atoms with Crippen LogP contribution in [0.1, 0.15) is 1.37 Å². The fourth-order valence-corrected chi connectivity index (χ4v) is 0.876. The van der Waals surface area contributed by atoms with Crippen molar-refractivity contribution in [3.05, 3.63) is 0 Å². The molecule has 0 saturated carbocycles. The highest BCUT2D eigenvalue weighted by molar-refractivity contribution is 7.81. The molecule has 2 N–H and O–H groups in total. The molecule has 0 aromatic rings. The predicted octanol–water partition coefficient (Wildman–Crippen LogP) is -0.280. The van der Waals surface area contributed by atoms with Crippen molar-refractivity contribution in [2.75, 3.05) is 0 Å². The summed E-state index contributed by atoms with van der Waals surface area (Å²) in [4.78, 5) is 15.0. The molecule has 55 valence electrons. The van der Waals surface area contributed by atoms with E-state index in [0.717, 1.165) is 0 Å². The van der Waals surface area contributed by atoms with E-state index in [1.54, 1.807) is 0 Å². The van der Waals surface area contributed by atoms with Gasteiger partial charge in [0, 0.05) is 0 Å². The lowest BCUT2D eigenvalue weighted by Crippen LogP contribution is -2.35. The van der Waals surface area contributed by atoms with Gasteiger partial charge in [0.25, 0.3) is 5.12 Å². The van der Waals surface area contributed by atoms with E-state index in [-0.39, 0.29) is 6.31 Å². The average Bonchev–Trinajstić information content (AvgIpc) is 2.26. The molecule has 2 rings (SSSR count). The zero-order chi connectivity index (χ0) is 8.77. The van der Waals surface area contributed by atoms with Gasteiger partial charge in [0.2, 0.25) is 0 Å². The minimum atomic E-state index is -1.37. The highest BCUT2D eigenvalue weighted by Crippen LogP contribution is 2.15. The van der Waals surface area contributed by atoms with E-state index in [9.17, 15) is 0 Å². The molecule has 1 atom stereocenters. The predicted molar refractivity (Wildman–Crippen MR) is 46.4 cm³/mol. The topological polar surface area (TPSA) is 75.5 Å². The Labute approximate surface area is 69.7 Å². The molecule has 11 heavy (non-hydrogen) atoms. The minimum absolute atomic E-state index is 0.0945. The summed E-state index contributed by atoms with van der Waals surface area (Å²) in [5.41, 5.74) is 5.87. The van der Waals surface area contributed by atoms with Crippen LogP contribution in [-0.4, -0.2) is 29.2 Å². The molecule has 0 aromatic carbocycles. The van der Waals surface area contributed by atoms with Gasteiger partial charge >= 0.3 is 0 Å². The summed E-state index contributed by atoms with van der Waals surface area (Å²) in [6, 6.07) is 0. The van der Waals surface area contributed by atoms with Gasteiger partial charge in [-0.25, -0.2) is 20.0 Å². The molecular weight excluding hydrogens is 162 g/mol. The summed E-state index contributed by atoms with van der Waals surface area (Å²) in [5, 5.41) is -1.37. The van der Waals surface area contributed by atoms with Crippen molar-refractivity contribution >= 4 is 36.7 Å². The maximum atomic E-state index is 7.10. The van der Waals surface area contributed by atoms with Crippen LogP contribution in [0.4, 0.5) is 0 Å². The van der Waals surface area contributed by atoms with Crippen LogP contribution in [0.15, 0.2) is 20.0 Å². The molecule has 1 unspecified atom stereocenters. The summed E-state index contributed by atoms with van der Waals surface area (Å²) in [7, 11) is 0. The maximum Gasteiger partial charge on any atom is 0.264 e. The summed E-state index contributed by atoms with van der Waals surface area (Å²) in [6.45, 7) is 0. The monoisotopic (exact) mass is 168 g/mol. The van der Waals surface area contributed by atoms with E-state index in [4.69, 9.17) is 19.7 Å². The Kier molecular flexibility index (Phi) is 1.02. The summed E-state index contributed by atoms with van der Waals surface area (Å²) in [6.07, 6.45) is 1.29. The van der Waals surface area contributed by atoms with E-state index in [2.05, 4.69) is 20.0 Å². The molecule has 0 saturated heterocycles. The van der Waals surface area contributed by atoms with Crippen LogP contribution in [0.2, 0.25) is 0 Å². The van der Waals surface area contributed by atoms with Gasteiger partial charge in [-0.2, -0.15) is 0 Å². The van der Waals surface area contributed by atoms with Crippen LogP contribution in [0.25, 0.3) is 0 Å². The molecule has 6 heteroatoms. The Bertz CT molecular complexity index is 353. The molecule has 2 aliphatic rings. The van der Waals surface area contributed by atoms with E-state index in [1.807, 2.05) is 0 Å². The Morgan fingerprint density at radius 1 is 1.73 bits per heavy atom. The average molecular weight is 168 g/mol. The summed E-state index contributed by atoms with van der Waals surface area (Å²) >= 11 is 4.76. The Balaban J connectivity index is 2.46. The largest absolute Gasteiger partial charge is 0.278 e. The lowest BCUT2D eigenvalue weighted by atomic mass is 10.3. The number of hydrogen-bond donors (Lipinski definition) is 1. The summed E-state index contributed by atoms with van der Waals surface area (Å²) < 4.78 is 7.10. The third-order valence-electron chi connectivity index (χ3n) is 1.19. The third kappa shape index (κ3) is 1.10. The first-order chi connectivity index (χ1) is 5.57. The number of fused-ring (bicyclic) bond motifs is 1.